The van der Waals surface area contributed by atoms with Crippen LogP contribution < -0.4 is 16.2 Å². The average Bonchev–Trinajstić information content (AvgIpc) is 2.53. The van der Waals surface area contributed by atoms with Crippen molar-refractivity contribution in [2.75, 3.05) is 18.2 Å². The molecular formula is C16H23N3O2S. The summed E-state index contributed by atoms with van der Waals surface area (Å²) in [5, 5.41) is 1.59. The van der Waals surface area contributed by atoms with E-state index >= 15 is 0 Å². The van der Waals surface area contributed by atoms with Crippen molar-refractivity contribution < 1.29 is 9.53 Å². The highest BCUT2D eigenvalue weighted by Crippen LogP contribution is 2.20. The van der Waals surface area contributed by atoms with Gasteiger partial charge >= 0.3 is 0 Å². The molecule has 1 amide bonds. The number of hydrazine groups is 1. The summed E-state index contributed by atoms with van der Waals surface area (Å²) >= 11 is 5.07. The van der Waals surface area contributed by atoms with E-state index in [0.29, 0.717) is 19.1 Å². The lowest BCUT2D eigenvalue weighted by Gasteiger charge is -2.28. The molecule has 0 aromatic heterocycles. The number of nitrogens with two attached hydrogens (primary N) is 1. The van der Waals surface area contributed by atoms with Gasteiger partial charge in [-0.15, -0.1) is 0 Å². The molecule has 120 valence electrons. The van der Waals surface area contributed by atoms with E-state index < -0.39 is 0 Å². The zero-order valence-corrected chi connectivity index (χ0v) is 13.9. The Morgan fingerprint density at radius 1 is 1.32 bits per heavy atom. The van der Waals surface area contributed by atoms with Crippen LogP contribution in [0.3, 0.4) is 0 Å². The Bertz CT molecular complexity index is 525. The lowest BCUT2D eigenvalue weighted by molar-refractivity contribution is -0.127. The first kappa shape index (κ1) is 16.7. The molecule has 1 fully saturated rings. The van der Waals surface area contributed by atoms with Crippen LogP contribution in [0.2, 0.25) is 0 Å². The monoisotopic (exact) mass is 321 g/mol. The number of carbonyl (C=O) groups is 1. The fourth-order valence-electron chi connectivity index (χ4n) is 2.42. The molecule has 1 saturated heterocycles. The smallest absolute Gasteiger partial charge is 0.242 e. The molecule has 3 N–H and O–H groups in total. The second kappa shape index (κ2) is 7.56. The number of carbonyl (C=O) groups excluding carboxylic acids is 1. The lowest BCUT2D eigenvalue weighted by atomic mass is 10.00. The van der Waals surface area contributed by atoms with E-state index in [1.54, 1.807) is 0 Å². The van der Waals surface area contributed by atoms with Crippen molar-refractivity contribution in [2.24, 2.45) is 11.7 Å². The van der Waals surface area contributed by atoms with E-state index in [-0.39, 0.29) is 16.9 Å². The fraction of sp³-hybridized carbons (Fsp3) is 0.500. The Morgan fingerprint density at radius 2 is 1.91 bits per heavy atom. The minimum absolute atomic E-state index is 0.0551. The maximum absolute atomic E-state index is 12.3. The Hall–Kier alpha value is -1.66. The van der Waals surface area contributed by atoms with Gasteiger partial charge in [0, 0.05) is 19.1 Å². The van der Waals surface area contributed by atoms with E-state index in [9.17, 15) is 4.79 Å². The molecular weight excluding hydrogens is 298 g/mol. The maximum atomic E-state index is 12.3. The number of hydrogen-bond donors (Lipinski definition) is 2. The van der Waals surface area contributed by atoms with Crippen LogP contribution in [0, 0.1) is 5.92 Å². The summed E-state index contributed by atoms with van der Waals surface area (Å²) in [6.07, 6.45) is 1.45. The number of ether oxygens (including phenoxy) is 1. The summed E-state index contributed by atoms with van der Waals surface area (Å²) < 4.78 is 5.28. The van der Waals surface area contributed by atoms with Crippen LogP contribution in [-0.4, -0.2) is 24.2 Å². The minimum atomic E-state index is -0.0657. The van der Waals surface area contributed by atoms with Gasteiger partial charge in [-0.25, -0.2) is 5.01 Å². The number of thiocarbonyl (C=S) groups is 1. The first-order valence-electron chi connectivity index (χ1n) is 7.57. The van der Waals surface area contributed by atoms with Gasteiger partial charge in [-0.2, -0.15) is 0 Å². The van der Waals surface area contributed by atoms with Gasteiger partial charge in [0.15, 0.2) is 5.11 Å². The Kier molecular flexibility index (Phi) is 5.74. The third-order valence-corrected chi connectivity index (χ3v) is 4.04. The second-order valence-corrected chi connectivity index (χ2v) is 6.20. The molecule has 2 rings (SSSR count). The van der Waals surface area contributed by atoms with Crippen LogP contribution >= 0.6 is 12.2 Å². The first-order chi connectivity index (χ1) is 10.5. The van der Waals surface area contributed by atoms with Crippen molar-refractivity contribution in [1.29, 1.82) is 0 Å². The van der Waals surface area contributed by atoms with Crippen molar-refractivity contribution in [1.82, 2.24) is 5.43 Å². The van der Waals surface area contributed by atoms with E-state index in [2.05, 4.69) is 19.3 Å². The molecule has 0 atom stereocenters. The Morgan fingerprint density at radius 3 is 2.41 bits per heavy atom. The molecule has 1 aromatic carbocycles. The lowest BCUT2D eigenvalue weighted by Crippen LogP contribution is -2.51. The van der Waals surface area contributed by atoms with E-state index in [0.717, 1.165) is 18.5 Å². The van der Waals surface area contributed by atoms with E-state index in [1.165, 1.54) is 10.6 Å². The molecule has 0 radical (unpaired) electrons. The predicted octanol–water partition coefficient (Wildman–Crippen LogP) is 2.32. The summed E-state index contributed by atoms with van der Waals surface area (Å²) in [5.74, 6) is 0.328. The number of hydrogen-bond acceptors (Lipinski definition) is 3. The maximum Gasteiger partial charge on any atom is 0.242 e. The van der Waals surface area contributed by atoms with Crippen molar-refractivity contribution in [3.8, 4) is 0 Å². The molecule has 0 saturated carbocycles. The zero-order chi connectivity index (χ0) is 16.1. The van der Waals surface area contributed by atoms with Crippen LogP contribution in [0.15, 0.2) is 24.3 Å². The molecule has 0 bridgehead atoms. The highest BCUT2D eigenvalue weighted by molar-refractivity contribution is 7.80. The Labute approximate surface area is 136 Å². The standard InChI is InChI=1S/C16H23N3O2S/c1-11(2)12-3-5-14(6-4-12)19(16(17)22)18-15(20)13-7-9-21-10-8-13/h3-6,11,13H,7-10H2,1-2H3,(H2,17,22)(H,18,20). The molecule has 22 heavy (non-hydrogen) atoms. The summed E-state index contributed by atoms with van der Waals surface area (Å²) in [5.41, 5.74) is 10.6. The van der Waals surface area contributed by atoms with Crippen molar-refractivity contribution >= 4 is 28.9 Å². The van der Waals surface area contributed by atoms with Gasteiger partial charge < -0.3 is 10.5 Å². The van der Waals surface area contributed by atoms with E-state index in [4.69, 9.17) is 22.7 Å². The normalized spacial score (nSPS) is 15.6. The molecule has 0 spiro atoms. The van der Waals surface area contributed by atoms with Gasteiger partial charge in [0.1, 0.15) is 0 Å². The molecule has 1 aromatic rings. The SMILES string of the molecule is CC(C)c1ccc(N(NC(=O)C2CCOCC2)C(N)=S)cc1. The molecule has 1 aliphatic heterocycles. The summed E-state index contributed by atoms with van der Waals surface area (Å²) in [7, 11) is 0. The van der Waals surface area contributed by atoms with Crippen molar-refractivity contribution in [3.63, 3.8) is 0 Å². The fourth-order valence-corrected chi connectivity index (χ4v) is 2.57. The third-order valence-electron chi connectivity index (χ3n) is 3.85. The molecule has 0 unspecified atom stereocenters. The van der Waals surface area contributed by atoms with Gasteiger partial charge in [-0.3, -0.25) is 10.2 Å². The van der Waals surface area contributed by atoms with Gasteiger partial charge in [0.05, 0.1) is 5.69 Å². The highest BCUT2D eigenvalue weighted by Gasteiger charge is 2.24. The minimum Gasteiger partial charge on any atom is -0.381 e. The van der Waals surface area contributed by atoms with Crippen LogP contribution in [0.4, 0.5) is 5.69 Å². The van der Waals surface area contributed by atoms with Gasteiger partial charge in [-0.1, -0.05) is 26.0 Å². The molecule has 6 heteroatoms. The number of nitrogens with one attached hydrogen (secondary N) is 1. The molecule has 1 heterocycles. The molecule has 5 nitrogen and oxygen atoms in total. The highest BCUT2D eigenvalue weighted by atomic mass is 32.1. The second-order valence-electron chi connectivity index (χ2n) is 5.78. The number of benzene rings is 1. The van der Waals surface area contributed by atoms with Crippen molar-refractivity contribution in [3.05, 3.63) is 29.8 Å². The number of anilines is 1. The largest absolute Gasteiger partial charge is 0.381 e. The van der Waals surface area contributed by atoms with Gasteiger partial charge in [-0.05, 0) is 48.7 Å². The van der Waals surface area contributed by atoms with Crippen LogP contribution in [0.25, 0.3) is 0 Å². The zero-order valence-electron chi connectivity index (χ0n) is 13.0. The van der Waals surface area contributed by atoms with Gasteiger partial charge in [0.25, 0.3) is 0 Å². The van der Waals surface area contributed by atoms with Crippen molar-refractivity contribution in [2.45, 2.75) is 32.6 Å². The number of rotatable bonds is 3. The van der Waals surface area contributed by atoms with Crippen LogP contribution in [-0.2, 0) is 9.53 Å². The summed E-state index contributed by atoms with van der Waals surface area (Å²) in [6.45, 7) is 5.50. The van der Waals surface area contributed by atoms with E-state index in [1.807, 2.05) is 24.3 Å². The molecule has 0 aliphatic carbocycles. The van der Waals surface area contributed by atoms with Crippen LogP contribution in [0.1, 0.15) is 38.2 Å². The Balaban J connectivity index is 2.09. The third kappa shape index (κ3) is 4.18. The molecule has 1 aliphatic rings. The predicted molar refractivity (Wildman–Crippen MR) is 91.5 cm³/mol. The topological polar surface area (TPSA) is 67.6 Å². The average molecular weight is 321 g/mol. The van der Waals surface area contributed by atoms with Crippen LogP contribution in [0.5, 0.6) is 0 Å². The summed E-state index contributed by atoms with van der Waals surface area (Å²) in [4.78, 5) is 12.3. The number of nitrogens with zero attached hydrogens (tertiary/aromatic N) is 1. The first-order valence-corrected chi connectivity index (χ1v) is 7.97. The quantitative estimate of drug-likeness (QED) is 0.660. The number of amides is 1. The van der Waals surface area contributed by atoms with Gasteiger partial charge in [0.2, 0.25) is 5.91 Å². The summed E-state index contributed by atoms with van der Waals surface area (Å²) in [6, 6.07) is 7.87.